The van der Waals surface area contributed by atoms with Gasteiger partial charge in [-0.1, -0.05) is 30.3 Å². The lowest BCUT2D eigenvalue weighted by molar-refractivity contribution is 0.0524. The van der Waals surface area contributed by atoms with Crippen molar-refractivity contribution in [2.45, 2.75) is 38.3 Å². The van der Waals surface area contributed by atoms with E-state index in [1.807, 2.05) is 18.2 Å². The molecule has 174 valence electrons. The van der Waals surface area contributed by atoms with Gasteiger partial charge < -0.3 is 14.2 Å². The number of piperidine rings is 1. The number of rotatable bonds is 8. The Hall–Kier alpha value is -3.06. The highest BCUT2D eigenvalue weighted by Gasteiger charge is 2.31. The topological polar surface area (TPSA) is 36.7 Å². The van der Waals surface area contributed by atoms with Crippen LogP contribution in [0, 0.1) is 17.5 Å². The third-order valence-electron chi connectivity index (χ3n) is 6.19. The van der Waals surface area contributed by atoms with E-state index in [2.05, 4.69) is 17.0 Å². The van der Waals surface area contributed by atoms with Crippen LogP contribution in [0.1, 0.15) is 40.9 Å². The Morgan fingerprint density at radius 1 is 0.970 bits per heavy atom. The Morgan fingerprint density at radius 3 is 2.39 bits per heavy atom. The van der Waals surface area contributed by atoms with Gasteiger partial charge in [0.25, 0.3) is 5.91 Å². The van der Waals surface area contributed by atoms with Gasteiger partial charge in [-0.05, 0) is 56.0 Å². The zero-order chi connectivity index (χ0) is 23.2. The van der Waals surface area contributed by atoms with Gasteiger partial charge in [0.05, 0.1) is 18.4 Å². The summed E-state index contributed by atoms with van der Waals surface area (Å²) in [4.78, 5) is 17.1. The Labute approximate surface area is 191 Å². The van der Waals surface area contributed by atoms with Crippen LogP contribution in [0.5, 0.6) is 0 Å². The highest BCUT2D eigenvalue weighted by molar-refractivity contribution is 5.94. The van der Waals surface area contributed by atoms with Crippen LogP contribution in [0.3, 0.4) is 0 Å². The standard InChI is InChI=1S/C26H27F3N2O2/c27-23-17-25(29)24(28)16-22(23)26(32)31(18-21-9-5-15-33-21)20-10-13-30(14-11-20)12-4-8-19-6-2-1-3-7-19/h1-3,5-7,9,15-17,20H,4,8,10-14,18H2. The van der Waals surface area contributed by atoms with Gasteiger partial charge in [-0.15, -0.1) is 0 Å². The molecule has 7 heteroatoms. The van der Waals surface area contributed by atoms with Crippen molar-refractivity contribution in [1.82, 2.24) is 9.80 Å². The zero-order valence-electron chi connectivity index (χ0n) is 18.4. The number of carbonyl (C=O) groups is 1. The number of benzene rings is 2. The summed E-state index contributed by atoms with van der Waals surface area (Å²) in [5.74, 6) is -3.74. The normalized spacial score (nSPS) is 15.0. The second-order valence-corrected chi connectivity index (χ2v) is 8.42. The van der Waals surface area contributed by atoms with Crippen LogP contribution < -0.4 is 0 Å². The first kappa shape index (κ1) is 23.1. The smallest absolute Gasteiger partial charge is 0.257 e. The molecule has 0 N–H and O–H groups in total. The van der Waals surface area contributed by atoms with Crippen molar-refractivity contribution in [3.63, 3.8) is 0 Å². The van der Waals surface area contributed by atoms with Crippen molar-refractivity contribution in [2.75, 3.05) is 19.6 Å². The highest BCUT2D eigenvalue weighted by Crippen LogP contribution is 2.24. The zero-order valence-corrected chi connectivity index (χ0v) is 18.4. The predicted octanol–water partition coefficient (Wildman–Crippen LogP) is 5.44. The molecular weight excluding hydrogens is 429 g/mol. The second kappa shape index (κ2) is 10.7. The summed E-state index contributed by atoms with van der Waals surface area (Å²) >= 11 is 0. The van der Waals surface area contributed by atoms with Gasteiger partial charge in [0.15, 0.2) is 11.6 Å². The molecule has 2 aromatic carbocycles. The van der Waals surface area contributed by atoms with Crippen LogP contribution in [0.15, 0.2) is 65.3 Å². The minimum Gasteiger partial charge on any atom is -0.467 e. The van der Waals surface area contributed by atoms with Gasteiger partial charge in [-0.2, -0.15) is 0 Å². The fourth-order valence-corrected chi connectivity index (χ4v) is 4.38. The average Bonchev–Trinajstić information content (AvgIpc) is 3.34. The van der Waals surface area contributed by atoms with E-state index < -0.39 is 28.9 Å². The lowest BCUT2D eigenvalue weighted by Gasteiger charge is -2.38. The number of furan rings is 1. The molecule has 1 aliphatic heterocycles. The Kier molecular flexibility index (Phi) is 7.50. The summed E-state index contributed by atoms with van der Waals surface area (Å²) in [5, 5.41) is 0. The molecule has 0 radical (unpaired) electrons. The molecule has 3 aromatic rings. The highest BCUT2D eigenvalue weighted by atomic mass is 19.2. The van der Waals surface area contributed by atoms with E-state index in [9.17, 15) is 18.0 Å². The van der Waals surface area contributed by atoms with E-state index >= 15 is 0 Å². The number of hydrogen-bond acceptors (Lipinski definition) is 3. The lowest BCUT2D eigenvalue weighted by Crippen LogP contribution is -2.47. The minimum absolute atomic E-state index is 0.142. The SMILES string of the molecule is O=C(c1cc(F)c(F)cc1F)N(Cc1ccco1)C1CCN(CCCc2ccccc2)CC1. The minimum atomic E-state index is -1.31. The third-order valence-corrected chi connectivity index (χ3v) is 6.19. The molecule has 1 saturated heterocycles. The number of amides is 1. The van der Waals surface area contributed by atoms with E-state index in [0.29, 0.717) is 30.7 Å². The van der Waals surface area contributed by atoms with Gasteiger partial charge in [0, 0.05) is 25.2 Å². The predicted molar refractivity (Wildman–Crippen MR) is 119 cm³/mol. The fraction of sp³-hybridized carbons (Fsp3) is 0.346. The molecule has 1 fully saturated rings. The van der Waals surface area contributed by atoms with E-state index in [1.165, 1.54) is 16.7 Å². The molecule has 0 aliphatic carbocycles. The molecule has 1 aromatic heterocycles. The summed E-state index contributed by atoms with van der Waals surface area (Å²) in [7, 11) is 0. The maximum atomic E-state index is 14.3. The van der Waals surface area contributed by atoms with Crippen molar-refractivity contribution in [1.29, 1.82) is 0 Å². The van der Waals surface area contributed by atoms with Crippen LogP contribution in [0.4, 0.5) is 13.2 Å². The van der Waals surface area contributed by atoms with Gasteiger partial charge in [0.2, 0.25) is 0 Å². The van der Waals surface area contributed by atoms with E-state index in [0.717, 1.165) is 32.5 Å². The number of likely N-dealkylation sites (tertiary alicyclic amines) is 1. The molecule has 0 bridgehead atoms. The number of hydrogen-bond donors (Lipinski definition) is 0. The molecule has 4 rings (SSSR count). The molecule has 4 nitrogen and oxygen atoms in total. The van der Waals surface area contributed by atoms with Crippen molar-refractivity contribution in [3.05, 3.63) is 95.2 Å². The quantitative estimate of drug-likeness (QED) is 0.424. The Morgan fingerprint density at radius 2 is 1.70 bits per heavy atom. The van der Waals surface area contributed by atoms with Crippen molar-refractivity contribution >= 4 is 5.91 Å². The number of nitrogens with zero attached hydrogens (tertiary/aromatic N) is 2. The fourth-order valence-electron chi connectivity index (χ4n) is 4.38. The number of aryl methyl sites for hydroxylation is 1. The molecule has 0 atom stereocenters. The van der Waals surface area contributed by atoms with Crippen LogP contribution >= 0.6 is 0 Å². The molecule has 1 amide bonds. The largest absolute Gasteiger partial charge is 0.467 e. The van der Waals surface area contributed by atoms with Gasteiger partial charge in [-0.3, -0.25) is 4.79 Å². The molecule has 33 heavy (non-hydrogen) atoms. The summed E-state index contributed by atoms with van der Waals surface area (Å²) in [6, 6.07) is 14.7. The molecule has 0 unspecified atom stereocenters. The maximum absolute atomic E-state index is 14.3. The van der Waals surface area contributed by atoms with Crippen molar-refractivity contribution < 1.29 is 22.4 Å². The first-order valence-corrected chi connectivity index (χ1v) is 11.3. The van der Waals surface area contributed by atoms with Gasteiger partial charge in [-0.25, -0.2) is 13.2 Å². The summed E-state index contributed by atoms with van der Waals surface area (Å²) in [6.45, 7) is 2.72. The van der Waals surface area contributed by atoms with Crippen LogP contribution in [0.2, 0.25) is 0 Å². The molecule has 0 spiro atoms. The first-order chi connectivity index (χ1) is 16.0. The molecule has 2 heterocycles. The Balaban J connectivity index is 1.40. The second-order valence-electron chi connectivity index (χ2n) is 8.42. The van der Waals surface area contributed by atoms with Crippen molar-refractivity contribution in [2.24, 2.45) is 0 Å². The van der Waals surface area contributed by atoms with Crippen LogP contribution in [-0.2, 0) is 13.0 Å². The monoisotopic (exact) mass is 456 g/mol. The summed E-state index contributed by atoms with van der Waals surface area (Å²) in [6.07, 6.45) is 4.99. The Bertz CT molecular complexity index is 1050. The van der Waals surface area contributed by atoms with Gasteiger partial charge in [0.1, 0.15) is 11.6 Å². The lowest BCUT2D eigenvalue weighted by atomic mass is 10.0. The van der Waals surface area contributed by atoms with Crippen molar-refractivity contribution in [3.8, 4) is 0 Å². The number of carbonyl (C=O) groups excluding carboxylic acids is 1. The van der Waals surface area contributed by atoms with E-state index in [1.54, 1.807) is 12.1 Å². The summed E-state index contributed by atoms with van der Waals surface area (Å²) < 4.78 is 46.9. The molecule has 0 saturated carbocycles. The number of halogens is 3. The third kappa shape index (κ3) is 5.85. The van der Waals surface area contributed by atoms with E-state index in [4.69, 9.17) is 4.42 Å². The average molecular weight is 457 g/mol. The van der Waals surface area contributed by atoms with Gasteiger partial charge >= 0.3 is 0 Å². The van der Waals surface area contributed by atoms with Crippen LogP contribution in [-0.4, -0.2) is 41.4 Å². The van der Waals surface area contributed by atoms with Crippen LogP contribution in [0.25, 0.3) is 0 Å². The van der Waals surface area contributed by atoms with E-state index in [-0.39, 0.29) is 12.6 Å². The molecular formula is C26H27F3N2O2. The first-order valence-electron chi connectivity index (χ1n) is 11.3. The summed E-state index contributed by atoms with van der Waals surface area (Å²) in [5.41, 5.74) is 0.849. The molecule has 1 aliphatic rings. The maximum Gasteiger partial charge on any atom is 0.257 e.